The Morgan fingerprint density at radius 1 is 1.20 bits per heavy atom. The maximum absolute atomic E-state index is 12.7. The van der Waals surface area contributed by atoms with E-state index in [1.54, 1.807) is 11.8 Å². The molecule has 1 rings (SSSR count). The Hall–Kier alpha value is -1.10. The van der Waals surface area contributed by atoms with Crippen molar-refractivity contribution in [3.8, 4) is 0 Å². The van der Waals surface area contributed by atoms with Crippen LogP contribution >= 0.6 is 0 Å². The summed E-state index contributed by atoms with van der Waals surface area (Å²) in [5, 5.41) is 0. The van der Waals surface area contributed by atoms with Gasteiger partial charge in [-0.1, -0.05) is 6.92 Å². The molecular formula is C15H27NO4. The van der Waals surface area contributed by atoms with E-state index >= 15 is 0 Å². The van der Waals surface area contributed by atoms with Crippen molar-refractivity contribution in [2.45, 2.75) is 59.8 Å². The lowest BCUT2D eigenvalue weighted by molar-refractivity contribution is -0.152. The van der Waals surface area contributed by atoms with Gasteiger partial charge in [0.1, 0.15) is 6.54 Å². The molecule has 0 N–H and O–H groups in total. The first-order chi connectivity index (χ1) is 9.29. The van der Waals surface area contributed by atoms with Crippen molar-refractivity contribution in [1.29, 1.82) is 0 Å². The van der Waals surface area contributed by atoms with Gasteiger partial charge in [0, 0.05) is 6.04 Å². The molecule has 0 aromatic carbocycles. The first-order valence-electron chi connectivity index (χ1n) is 7.41. The normalized spacial score (nSPS) is 29.6. The van der Waals surface area contributed by atoms with Gasteiger partial charge in [0.15, 0.2) is 0 Å². The fourth-order valence-electron chi connectivity index (χ4n) is 2.74. The van der Waals surface area contributed by atoms with Crippen molar-refractivity contribution >= 4 is 11.9 Å². The van der Waals surface area contributed by atoms with Gasteiger partial charge in [0.05, 0.1) is 24.7 Å². The van der Waals surface area contributed by atoms with Crippen LogP contribution in [0.2, 0.25) is 0 Å². The van der Waals surface area contributed by atoms with Crippen LogP contribution in [0.1, 0.15) is 41.5 Å². The molecule has 5 nitrogen and oxygen atoms in total. The van der Waals surface area contributed by atoms with Crippen molar-refractivity contribution in [1.82, 2.24) is 4.90 Å². The molecule has 0 aliphatic carbocycles. The Labute approximate surface area is 121 Å². The standard InChI is InChI=1S/C15H27NO4/c1-7-19-13(17)8-16(9(2)3)15(18)14-10(4)11(5)20-12(14)6/h9-12,14H,7-8H2,1-6H3. The molecule has 0 aromatic heterocycles. The molecule has 1 heterocycles. The van der Waals surface area contributed by atoms with E-state index < -0.39 is 0 Å². The molecule has 116 valence electrons. The Bertz CT molecular complexity index is 356. The summed E-state index contributed by atoms with van der Waals surface area (Å²) in [5.41, 5.74) is 0. The highest BCUT2D eigenvalue weighted by Gasteiger charge is 2.44. The van der Waals surface area contributed by atoms with Crippen molar-refractivity contribution < 1.29 is 19.1 Å². The number of hydrogen-bond acceptors (Lipinski definition) is 4. The van der Waals surface area contributed by atoms with E-state index in [9.17, 15) is 9.59 Å². The Morgan fingerprint density at radius 2 is 1.80 bits per heavy atom. The van der Waals surface area contributed by atoms with Crippen molar-refractivity contribution in [2.75, 3.05) is 13.2 Å². The van der Waals surface area contributed by atoms with Gasteiger partial charge >= 0.3 is 5.97 Å². The van der Waals surface area contributed by atoms with E-state index in [0.29, 0.717) is 6.61 Å². The largest absolute Gasteiger partial charge is 0.465 e. The average Bonchev–Trinajstić information content (AvgIpc) is 2.59. The first-order valence-corrected chi connectivity index (χ1v) is 7.41. The quantitative estimate of drug-likeness (QED) is 0.723. The predicted octanol–water partition coefficient (Wildman–Crippen LogP) is 1.85. The van der Waals surface area contributed by atoms with E-state index in [1.807, 2.05) is 34.6 Å². The molecule has 1 amide bonds. The highest BCUT2D eigenvalue weighted by atomic mass is 16.5. The summed E-state index contributed by atoms with van der Waals surface area (Å²) in [6, 6.07) is -0.0396. The fraction of sp³-hybridized carbons (Fsp3) is 0.867. The number of ether oxygens (including phenoxy) is 2. The zero-order valence-corrected chi connectivity index (χ0v) is 13.4. The lowest BCUT2D eigenvalue weighted by Gasteiger charge is -2.30. The summed E-state index contributed by atoms with van der Waals surface area (Å²) in [6.07, 6.45) is -0.0495. The third kappa shape index (κ3) is 3.72. The van der Waals surface area contributed by atoms with Crippen LogP contribution in [0.25, 0.3) is 0 Å². The molecule has 1 aliphatic rings. The molecule has 1 saturated heterocycles. The Balaban J connectivity index is 2.81. The number of nitrogens with zero attached hydrogens (tertiary/aromatic N) is 1. The number of carbonyl (C=O) groups excluding carboxylic acids is 2. The van der Waals surface area contributed by atoms with Crippen molar-refractivity contribution in [3.63, 3.8) is 0 Å². The minimum absolute atomic E-state index is 0.00859. The van der Waals surface area contributed by atoms with Crippen LogP contribution < -0.4 is 0 Å². The SMILES string of the molecule is CCOC(=O)CN(C(=O)C1C(C)OC(C)C1C)C(C)C. The molecule has 4 unspecified atom stereocenters. The van der Waals surface area contributed by atoms with E-state index in [-0.39, 0.29) is 48.5 Å². The number of amides is 1. The molecule has 5 heteroatoms. The molecule has 1 fully saturated rings. The average molecular weight is 285 g/mol. The van der Waals surface area contributed by atoms with Crippen LogP contribution in [-0.4, -0.2) is 48.2 Å². The van der Waals surface area contributed by atoms with Gasteiger partial charge in [0.2, 0.25) is 5.91 Å². The Kier molecular flexibility index (Phi) is 5.99. The van der Waals surface area contributed by atoms with Gasteiger partial charge in [-0.15, -0.1) is 0 Å². The molecule has 20 heavy (non-hydrogen) atoms. The maximum Gasteiger partial charge on any atom is 0.325 e. The zero-order valence-electron chi connectivity index (χ0n) is 13.4. The summed E-state index contributed by atoms with van der Waals surface area (Å²) in [6.45, 7) is 11.8. The summed E-state index contributed by atoms with van der Waals surface area (Å²) < 4.78 is 10.7. The minimum Gasteiger partial charge on any atom is -0.465 e. The smallest absolute Gasteiger partial charge is 0.325 e. The topological polar surface area (TPSA) is 55.8 Å². The molecule has 0 radical (unpaired) electrons. The van der Waals surface area contributed by atoms with Crippen LogP contribution in [0, 0.1) is 11.8 Å². The summed E-state index contributed by atoms with van der Waals surface area (Å²) >= 11 is 0. The van der Waals surface area contributed by atoms with E-state index in [4.69, 9.17) is 9.47 Å². The second-order valence-electron chi connectivity index (χ2n) is 5.80. The molecule has 4 atom stereocenters. The number of hydrogen-bond donors (Lipinski definition) is 0. The van der Waals surface area contributed by atoms with Gasteiger partial charge in [-0.05, 0) is 40.5 Å². The lowest BCUT2D eigenvalue weighted by atomic mass is 9.88. The zero-order chi connectivity index (χ0) is 15.4. The molecule has 0 bridgehead atoms. The molecular weight excluding hydrogens is 258 g/mol. The van der Waals surface area contributed by atoms with E-state index in [1.165, 1.54) is 0 Å². The van der Waals surface area contributed by atoms with Gasteiger partial charge in [-0.25, -0.2) is 0 Å². The third-order valence-corrected chi connectivity index (χ3v) is 4.04. The maximum atomic E-state index is 12.7. The number of rotatable bonds is 5. The van der Waals surface area contributed by atoms with Crippen LogP contribution in [0.5, 0.6) is 0 Å². The second-order valence-corrected chi connectivity index (χ2v) is 5.80. The monoisotopic (exact) mass is 285 g/mol. The van der Waals surface area contributed by atoms with E-state index in [2.05, 4.69) is 0 Å². The highest BCUT2D eigenvalue weighted by Crippen LogP contribution is 2.33. The molecule has 1 aliphatic heterocycles. The third-order valence-electron chi connectivity index (χ3n) is 4.04. The van der Waals surface area contributed by atoms with Crippen LogP contribution in [0.3, 0.4) is 0 Å². The predicted molar refractivity (Wildman–Crippen MR) is 76.1 cm³/mol. The van der Waals surface area contributed by atoms with E-state index in [0.717, 1.165) is 0 Å². The minimum atomic E-state index is -0.359. The van der Waals surface area contributed by atoms with Gasteiger partial charge in [-0.3, -0.25) is 9.59 Å². The summed E-state index contributed by atoms with van der Waals surface area (Å²) in [7, 11) is 0. The second kappa shape index (κ2) is 7.07. The molecule has 0 aromatic rings. The lowest BCUT2D eigenvalue weighted by Crippen LogP contribution is -2.47. The highest BCUT2D eigenvalue weighted by molar-refractivity contribution is 5.84. The number of carbonyl (C=O) groups is 2. The van der Waals surface area contributed by atoms with Gasteiger partial charge in [-0.2, -0.15) is 0 Å². The summed E-state index contributed by atoms with van der Waals surface area (Å²) in [4.78, 5) is 26.0. The van der Waals surface area contributed by atoms with Crippen molar-refractivity contribution in [3.05, 3.63) is 0 Å². The summed E-state index contributed by atoms with van der Waals surface area (Å²) in [5.74, 6) is -0.415. The Morgan fingerprint density at radius 3 is 2.20 bits per heavy atom. The molecule has 0 spiro atoms. The van der Waals surface area contributed by atoms with Crippen molar-refractivity contribution in [2.24, 2.45) is 11.8 Å². The van der Waals surface area contributed by atoms with Crippen LogP contribution in [0.4, 0.5) is 0 Å². The molecule has 0 saturated carbocycles. The van der Waals surface area contributed by atoms with Gasteiger partial charge in [0.25, 0.3) is 0 Å². The number of esters is 1. The van der Waals surface area contributed by atoms with Gasteiger partial charge < -0.3 is 14.4 Å². The van der Waals surface area contributed by atoms with Crippen LogP contribution in [-0.2, 0) is 19.1 Å². The van der Waals surface area contributed by atoms with Crippen LogP contribution in [0.15, 0.2) is 0 Å². The first kappa shape index (κ1) is 17.0. The fourth-order valence-corrected chi connectivity index (χ4v) is 2.74.